The molecule has 0 aromatic carbocycles. The number of rotatable bonds is 5. The molecule has 0 aromatic rings. The second kappa shape index (κ2) is 9.03. The highest BCUT2D eigenvalue weighted by Gasteiger charge is 2.62. The number of allylic oxidation sites excluding steroid dienone is 3. The third-order valence-corrected chi connectivity index (χ3v) is 5.75. The molecule has 28 heavy (non-hydrogen) atoms. The fraction of sp³-hybridized carbons (Fsp3) is 0.600. The average Bonchev–Trinajstić information content (AvgIpc) is 2.54. The van der Waals surface area contributed by atoms with Crippen molar-refractivity contribution in [1.29, 1.82) is 0 Å². The van der Waals surface area contributed by atoms with E-state index in [9.17, 15) is 39.6 Å². The number of hydrogen-bond donors (Lipinski definition) is 4. The highest BCUT2D eigenvalue weighted by atomic mass is 16.4. The van der Waals surface area contributed by atoms with Crippen LogP contribution in [0.1, 0.15) is 64.2 Å². The van der Waals surface area contributed by atoms with Gasteiger partial charge in [-0.3, -0.25) is 14.4 Å². The molecule has 1 atom stereocenters. The van der Waals surface area contributed by atoms with Crippen molar-refractivity contribution in [3.05, 3.63) is 22.8 Å². The fourth-order valence-electron chi connectivity index (χ4n) is 4.40. The SMILES string of the molecule is O=C(O)C1=C(C2=CCCCCCC2)CCCCC(C(=O)O)C1(C(=O)O)C(=O)O. The summed E-state index contributed by atoms with van der Waals surface area (Å²) in [6, 6.07) is 0. The summed E-state index contributed by atoms with van der Waals surface area (Å²) in [4.78, 5) is 48.5. The molecule has 8 nitrogen and oxygen atoms in total. The second-order valence-electron chi connectivity index (χ2n) is 7.40. The molecular formula is C20H26O8. The minimum absolute atomic E-state index is 0.185. The second-order valence-corrected chi connectivity index (χ2v) is 7.40. The summed E-state index contributed by atoms with van der Waals surface area (Å²) < 4.78 is 0. The van der Waals surface area contributed by atoms with Crippen LogP contribution in [0.2, 0.25) is 0 Å². The average molecular weight is 394 g/mol. The Morgan fingerprint density at radius 3 is 2.00 bits per heavy atom. The highest BCUT2D eigenvalue weighted by molar-refractivity contribution is 6.13. The van der Waals surface area contributed by atoms with Gasteiger partial charge < -0.3 is 20.4 Å². The molecule has 1 unspecified atom stereocenters. The minimum atomic E-state index is -3.03. The summed E-state index contributed by atoms with van der Waals surface area (Å²) >= 11 is 0. The van der Waals surface area contributed by atoms with Crippen molar-refractivity contribution in [1.82, 2.24) is 0 Å². The van der Waals surface area contributed by atoms with Gasteiger partial charge in [0.05, 0.1) is 11.5 Å². The zero-order valence-electron chi connectivity index (χ0n) is 15.6. The molecule has 0 bridgehead atoms. The van der Waals surface area contributed by atoms with E-state index in [0.29, 0.717) is 31.3 Å². The first-order valence-corrected chi connectivity index (χ1v) is 9.60. The van der Waals surface area contributed by atoms with Gasteiger partial charge in [0, 0.05) is 0 Å². The molecule has 154 valence electrons. The van der Waals surface area contributed by atoms with Crippen LogP contribution in [-0.4, -0.2) is 44.3 Å². The molecule has 0 aromatic heterocycles. The molecule has 4 N–H and O–H groups in total. The quantitative estimate of drug-likeness (QED) is 0.520. The van der Waals surface area contributed by atoms with Gasteiger partial charge in [-0.25, -0.2) is 4.79 Å². The highest BCUT2D eigenvalue weighted by Crippen LogP contribution is 2.46. The topological polar surface area (TPSA) is 149 Å². The van der Waals surface area contributed by atoms with Crippen molar-refractivity contribution in [2.45, 2.75) is 64.2 Å². The maximum atomic E-state index is 12.2. The van der Waals surface area contributed by atoms with E-state index in [1.54, 1.807) is 0 Å². The Labute approximate surface area is 162 Å². The molecule has 2 rings (SSSR count). The largest absolute Gasteiger partial charge is 0.481 e. The summed E-state index contributed by atoms with van der Waals surface area (Å²) in [5.74, 6) is -9.06. The van der Waals surface area contributed by atoms with Crippen LogP contribution in [0.15, 0.2) is 22.8 Å². The molecular weight excluding hydrogens is 368 g/mol. The summed E-state index contributed by atoms with van der Waals surface area (Å²) in [5, 5.41) is 39.3. The Kier molecular flexibility index (Phi) is 6.99. The van der Waals surface area contributed by atoms with E-state index in [1.165, 1.54) is 0 Å². The lowest BCUT2D eigenvalue weighted by Gasteiger charge is -2.35. The maximum absolute atomic E-state index is 12.2. The Bertz CT molecular complexity index is 716. The van der Waals surface area contributed by atoms with Crippen LogP contribution in [0, 0.1) is 11.3 Å². The van der Waals surface area contributed by atoms with Crippen molar-refractivity contribution >= 4 is 23.9 Å². The predicted octanol–water partition coefficient (Wildman–Crippen LogP) is 3.08. The first-order chi connectivity index (χ1) is 13.2. The molecule has 2 aliphatic rings. The molecule has 0 saturated carbocycles. The molecule has 2 aliphatic carbocycles. The molecule has 0 saturated heterocycles. The van der Waals surface area contributed by atoms with Crippen LogP contribution >= 0.6 is 0 Å². The van der Waals surface area contributed by atoms with Gasteiger partial charge in [-0.2, -0.15) is 0 Å². The molecule has 0 spiro atoms. The fourth-order valence-corrected chi connectivity index (χ4v) is 4.40. The normalized spacial score (nSPS) is 23.4. The molecule has 0 aliphatic heterocycles. The van der Waals surface area contributed by atoms with Crippen LogP contribution in [0.5, 0.6) is 0 Å². The lowest BCUT2D eigenvalue weighted by atomic mass is 9.64. The van der Waals surface area contributed by atoms with Gasteiger partial charge in [0.1, 0.15) is 0 Å². The Morgan fingerprint density at radius 1 is 0.821 bits per heavy atom. The van der Waals surface area contributed by atoms with Crippen LogP contribution < -0.4 is 0 Å². The summed E-state index contributed by atoms with van der Waals surface area (Å²) in [5.41, 5.74) is -3.00. The van der Waals surface area contributed by atoms with Crippen LogP contribution in [0.3, 0.4) is 0 Å². The number of carbonyl (C=O) groups is 4. The zero-order valence-corrected chi connectivity index (χ0v) is 15.6. The summed E-state index contributed by atoms with van der Waals surface area (Å²) in [7, 11) is 0. The molecule has 0 fully saturated rings. The summed E-state index contributed by atoms with van der Waals surface area (Å²) in [6.07, 6.45) is 7.59. The molecule has 0 amide bonds. The van der Waals surface area contributed by atoms with E-state index in [-0.39, 0.29) is 18.4 Å². The Hall–Kier alpha value is -2.64. The van der Waals surface area contributed by atoms with Crippen molar-refractivity contribution < 1.29 is 39.6 Å². The first kappa shape index (κ1) is 21.7. The van der Waals surface area contributed by atoms with Crippen molar-refractivity contribution in [3.8, 4) is 0 Å². The van der Waals surface area contributed by atoms with Gasteiger partial charge in [0.15, 0.2) is 0 Å². The summed E-state index contributed by atoms with van der Waals surface area (Å²) in [6.45, 7) is 0. The number of carboxylic acids is 4. The smallest absolute Gasteiger partial charge is 0.333 e. The zero-order chi connectivity index (χ0) is 20.9. The first-order valence-electron chi connectivity index (χ1n) is 9.60. The van der Waals surface area contributed by atoms with Crippen molar-refractivity contribution in [2.75, 3.05) is 0 Å². The third kappa shape index (κ3) is 3.95. The van der Waals surface area contributed by atoms with Crippen molar-refractivity contribution in [3.63, 3.8) is 0 Å². The standard InChI is InChI=1S/C20H26O8/c21-16(22)14-11-7-6-10-13(12-8-4-2-1-3-5-9-12)15(17(23)24)20(14,18(25)26)19(27)28/h8,14H,1-7,9-11H2,(H,21,22)(H,23,24)(H,25,26)(H,27,28). The van der Waals surface area contributed by atoms with Gasteiger partial charge in [0.2, 0.25) is 5.41 Å². The van der Waals surface area contributed by atoms with E-state index < -0.39 is 40.8 Å². The van der Waals surface area contributed by atoms with E-state index in [1.807, 2.05) is 6.08 Å². The Balaban J connectivity index is 2.86. The van der Waals surface area contributed by atoms with E-state index in [2.05, 4.69) is 0 Å². The lowest BCUT2D eigenvalue weighted by Crippen LogP contribution is -2.52. The third-order valence-electron chi connectivity index (χ3n) is 5.75. The number of aliphatic carboxylic acids is 4. The maximum Gasteiger partial charge on any atom is 0.333 e. The van der Waals surface area contributed by atoms with Crippen molar-refractivity contribution in [2.24, 2.45) is 11.3 Å². The predicted molar refractivity (Wildman–Crippen MR) is 97.7 cm³/mol. The molecule has 0 heterocycles. The van der Waals surface area contributed by atoms with E-state index in [4.69, 9.17) is 0 Å². The van der Waals surface area contributed by atoms with Gasteiger partial charge in [-0.05, 0) is 56.1 Å². The van der Waals surface area contributed by atoms with E-state index >= 15 is 0 Å². The lowest BCUT2D eigenvalue weighted by molar-refractivity contribution is -0.174. The Morgan fingerprint density at radius 2 is 1.43 bits per heavy atom. The molecule has 0 radical (unpaired) electrons. The molecule has 8 heteroatoms. The van der Waals surface area contributed by atoms with Gasteiger partial charge in [-0.1, -0.05) is 25.3 Å². The van der Waals surface area contributed by atoms with Gasteiger partial charge in [0.25, 0.3) is 0 Å². The van der Waals surface area contributed by atoms with E-state index in [0.717, 1.165) is 25.7 Å². The monoisotopic (exact) mass is 394 g/mol. The number of carboxylic acid groups (broad SMARTS) is 4. The van der Waals surface area contributed by atoms with Crippen LogP contribution in [0.25, 0.3) is 0 Å². The van der Waals surface area contributed by atoms with Crippen LogP contribution in [-0.2, 0) is 19.2 Å². The van der Waals surface area contributed by atoms with Gasteiger partial charge >= 0.3 is 23.9 Å². The van der Waals surface area contributed by atoms with Gasteiger partial charge in [-0.15, -0.1) is 0 Å². The minimum Gasteiger partial charge on any atom is -0.481 e. The number of hydrogen-bond acceptors (Lipinski definition) is 4. The van der Waals surface area contributed by atoms with Crippen LogP contribution in [0.4, 0.5) is 0 Å².